The van der Waals surface area contributed by atoms with Crippen LogP contribution in [-0.2, 0) is 14.3 Å². The zero-order valence-electron chi connectivity index (χ0n) is 13.0. The Morgan fingerprint density at radius 3 is 2.36 bits per heavy atom. The van der Waals surface area contributed by atoms with E-state index in [9.17, 15) is 18.8 Å². The van der Waals surface area contributed by atoms with Crippen molar-refractivity contribution in [1.82, 2.24) is 10.9 Å². The van der Waals surface area contributed by atoms with Gasteiger partial charge in [0, 0.05) is 4.90 Å². The van der Waals surface area contributed by atoms with Crippen molar-refractivity contribution in [3.63, 3.8) is 0 Å². The summed E-state index contributed by atoms with van der Waals surface area (Å²) >= 11 is 1.28. The Balaban J connectivity index is 1.67. The lowest BCUT2D eigenvalue weighted by atomic mass is 10.2. The first kappa shape index (κ1) is 18.5. The maximum atomic E-state index is 13.4. The summed E-state index contributed by atoms with van der Waals surface area (Å²) in [6.07, 6.45) is 0. The number of carbonyl (C=O) groups is 3. The fraction of sp³-hybridized carbons (Fsp3) is 0.118. The molecule has 0 bridgehead atoms. The summed E-state index contributed by atoms with van der Waals surface area (Å²) in [6.45, 7) is -0.550. The van der Waals surface area contributed by atoms with Crippen molar-refractivity contribution in [2.75, 3.05) is 12.4 Å². The van der Waals surface area contributed by atoms with Gasteiger partial charge in [0.25, 0.3) is 11.8 Å². The summed E-state index contributed by atoms with van der Waals surface area (Å²) in [5, 5.41) is 0. The van der Waals surface area contributed by atoms with E-state index in [4.69, 9.17) is 4.74 Å². The van der Waals surface area contributed by atoms with Gasteiger partial charge in [-0.2, -0.15) is 0 Å². The van der Waals surface area contributed by atoms with Crippen molar-refractivity contribution in [3.05, 3.63) is 66.0 Å². The lowest BCUT2D eigenvalue weighted by Crippen LogP contribution is -2.43. The van der Waals surface area contributed by atoms with Gasteiger partial charge in [0.05, 0.1) is 11.3 Å². The molecule has 130 valence electrons. The third kappa shape index (κ3) is 6.27. The molecule has 2 N–H and O–H groups in total. The van der Waals surface area contributed by atoms with E-state index in [0.717, 1.165) is 11.0 Å². The molecule has 2 aromatic carbocycles. The average molecular weight is 362 g/mol. The van der Waals surface area contributed by atoms with Crippen LogP contribution in [0.5, 0.6) is 0 Å². The predicted octanol–water partition coefficient (Wildman–Crippen LogP) is 1.92. The number of thioether (sulfide) groups is 1. The summed E-state index contributed by atoms with van der Waals surface area (Å²) in [5.41, 5.74) is 3.89. The van der Waals surface area contributed by atoms with Gasteiger partial charge in [-0.1, -0.05) is 30.3 Å². The molecule has 0 fully saturated rings. The molecule has 0 radical (unpaired) electrons. The van der Waals surface area contributed by atoms with Gasteiger partial charge in [-0.3, -0.25) is 25.2 Å². The van der Waals surface area contributed by atoms with Crippen molar-refractivity contribution in [2.24, 2.45) is 0 Å². The van der Waals surface area contributed by atoms with Crippen LogP contribution in [0.25, 0.3) is 0 Å². The van der Waals surface area contributed by atoms with Crippen molar-refractivity contribution < 1.29 is 23.5 Å². The third-order valence-electron chi connectivity index (χ3n) is 2.90. The van der Waals surface area contributed by atoms with Gasteiger partial charge in [-0.15, -0.1) is 11.8 Å². The van der Waals surface area contributed by atoms with E-state index >= 15 is 0 Å². The summed E-state index contributed by atoms with van der Waals surface area (Å²) in [5.74, 6) is -2.76. The monoisotopic (exact) mass is 362 g/mol. The van der Waals surface area contributed by atoms with E-state index < -0.39 is 30.2 Å². The van der Waals surface area contributed by atoms with Crippen molar-refractivity contribution in [2.45, 2.75) is 4.90 Å². The predicted molar refractivity (Wildman–Crippen MR) is 90.1 cm³/mol. The second kappa shape index (κ2) is 9.43. The van der Waals surface area contributed by atoms with Crippen LogP contribution in [0.1, 0.15) is 10.4 Å². The summed E-state index contributed by atoms with van der Waals surface area (Å²) < 4.78 is 18.2. The molecule has 0 aliphatic heterocycles. The molecule has 0 aliphatic rings. The molecular weight excluding hydrogens is 347 g/mol. The van der Waals surface area contributed by atoms with E-state index in [1.807, 2.05) is 41.2 Å². The second-order valence-electron chi connectivity index (χ2n) is 4.74. The van der Waals surface area contributed by atoms with Crippen LogP contribution in [0.4, 0.5) is 4.39 Å². The minimum atomic E-state index is -0.808. The maximum absolute atomic E-state index is 13.4. The zero-order valence-corrected chi connectivity index (χ0v) is 13.8. The highest BCUT2D eigenvalue weighted by Gasteiger charge is 2.12. The first-order valence-corrected chi connectivity index (χ1v) is 8.22. The highest BCUT2D eigenvalue weighted by atomic mass is 32.2. The van der Waals surface area contributed by atoms with Gasteiger partial charge in [0.1, 0.15) is 5.82 Å². The molecule has 2 rings (SSSR count). The third-order valence-corrected chi connectivity index (χ3v) is 3.88. The van der Waals surface area contributed by atoms with Gasteiger partial charge in [-0.05, 0) is 24.3 Å². The van der Waals surface area contributed by atoms with Crippen molar-refractivity contribution in [1.29, 1.82) is 0 Å². The van der Waals surface area contributed by atoms with Crippen molar-refractivity contribution >= 4 is 29.5 Å². The Hall–Kier alpha value is -2.87. The van der Waals surface area contributed by atoms with Gasteiger partial charge < -0.3 is 4.74 Å². The van der Waals surface area contributed by atoms with Crippen molar-refractivity contribution in [3.8, 4) is 0 Å². The fourth-order valence-corrected chi connectivity index (χ4v) is 2.44. The number of halogens is 1. The minimum absolute atomic E-state index is 0.0544. The Labute approximate surface area is 147 Å². The number of esters is 1. The van der Waals surface area contributed by atoms with E-state index in [1.54, 1.807) is 0 Å². The molecule has 2 aromatic rings. The van der Waals surface area contributed by atoms with E-state index in [1.165, 1.54) is 30.0 Å². The quantitative estimate of drug-likeness (QED) is 0.466. The summed E-state index contributed by atoms with van der Waals surface area (Å²) in [6, 6.07) is 14.6. The van der Waals surface area contributed by atoms with Gasteiger partial charge in [0.15, 0.2) is 6.61 Å². The van der Waals surface area contributed by atoms with Crippen LogP contribution in [0.2, 0.25) is 0 Å². The molecule has 2 amide bonds. The Morgan fingerprint density at radius 1 is 0.960 bits per heavy atom. The first-order chi connectivity index (χ1) is 12.1. The molecule has 0 saturated heterocycles. The smallest absolute Gasteiger partial charge is 0.316 e. The molecule has 0 heterocycles. The Bertz CT molecular complexity index is 755. The van der Waals surface area contributed by atoms with E-state index in [-0.39, 0.29) is 11.3 Å². The zero-order chi connectivity index (χ0) is 18.1. The fourth-order valence-electron chi connectivity index (χ4n) is 1.72. The van der Waals surface area contributed by atoms with Crippen LogP contribution < -0.4 is 10.9 Å². The van der Waals surface area contributed by atoms with E-state index in [2.05, 4.69) is 0 Å². The number of hydrogen-bond acceptors (Lipinski definition) is 5. The molecule has 0 unspecified atom stereocenters. The maximum Gasteiger partial charge on any atom is 0.316 e. The van der Waals surface area contributed by atoms with Gasteiger partial charge in [-0.25, -0.2) is 4.39 Å². The summed E-state index contributed by atoms with van der Waals surface area (Å²) in [4.78, 5) is 35.7. The first-order valence-electron chi connectivity index (χ1n) is 7.23. The molecule has 0 atom stereocenters. The topological polar surface area (TPSA) is 84.5 Å². The number of ether oxygens (including phenoxy) is 1. The minimum Gasteiger partial charge on any atom is -0.455 e. The molecular formula is C17H15FN2O4S. The number of hydrazine groups is 1. The number of rotatable bonds is 6. The lowest BCUT2D eigenvalue weighted by molar-refractivity contribution is -0.146. The number of hydrogen-bond donors (Lipinski definition) is 2. The molecule has 0 spiro atoms. The van der Waals surface area contributed by atoms with E-state index in [0.29, 0.717) is 0 Å². The van der Waals surface area contributed by atoms with Crippen LogP contribution in [0, 0.1) is 5.82 Å². The molecule has 25 heavy (non-hydrogen) atoms. The van der Waals surface area contributed by atoms with Crippen LogP contribution >= 0.6 is 11.8 Å². The second-order valence-corrected chi connectivity index (χ2v) is 5.79. The number of amides is 2. The average Bonchev–Trinajstić information content (AvgIpc) is 2.64. The highest BCUT2D eigenvalue weighted by Crippen LogP contribution is 2.16. The SMILES string of the molecule is O=C(COC(=O)CSc1ccccc1)NNC(=O)c1ccccc1F. The Morgan fingerprint density at radius 2 is 1.64 bits per heavy atom. The molecule has 6 nitrogen and oxygen atoms in total. The normalized spacial score (nSPS) is 9.96. The Kier molecular flexibility index (Phi) is 6.97. The number of benzene rings is 2. The van der Waals surface area contributed by atoms with Crippen LogP contribution in [0.15, 0.2) is 59.5 Å². The molecule has 0 aromatic heterocycles. The number of carbonyl (C=O) groups excluding carboxylic acids is 3. The highest BCUT2D eigenvalue weighted by molar-refractivity contribution is 8.00. The summed E-state index contributed by atoms with van der Waals surface area (Å²) in [7, 11) is 0. The molecule has 8 heteroatoms. The lowest BCUT2D eigenvalue weighted by Gasteiger charge is -2.08. The van der Waals surface area contributed by atoms with Crippen LogP contribution in [-0.4, -0.2) is 30.1 Å². The molecule has 0 saturated carbocycles. The van der Waals surface area contributed by atoms with Crippen LogP contribution in [0.3, 0.4) is 0 Å². The number of nitrogens with one attached hydrogen (secondary N) is 2. The largest absolute Gasteiger partial charge is 0.455 e. The molecule has 0 aliphatic carbocycles. The van der Waals surface area contributed by atoms with Gasteiger partial charge >= 0.3 is 5.97 Å². The van der Waals surface area contributed by atoms with Gasteiger partial charge in [0.2, 0.25) is 0 Å². The standard InChI is InChI=1S/C17H15FN2O4S/c18-14-9-5-4-8-13(14)17(23)20-19-15(21)10-24-16(22)11-25-12-6-2-1-3-7-12/h1-9H,10-11H2,(H,19,21)(H,20,23).